The lowest BCUT2D eigenvalue weighted by Gasteiger charge is -2.21. The lowest BCUT2D eigenvalue weighted by Crippen LogP contribution is -2.38. The van der Waals surface area contributed by atoms with Crippen molar-refractivity contribution in [2.45, 2.75) is 55.9 Å². The second-order valence-corrected chi connectivity index (χ2v) is 9.18. The molecule has 1 aromatic carbocycles. The SMILES string of the molecule is O=C1NCCCCC1Nc1ccc(S(=O)(=O)N2CCCCCC2)cc1[N+](=O)[O-]. The van der Waals surface area contributed by atoms with Gasteiger partial charge in [-0.2, -0.15) is 4.31 Å². The van der Waals surface area contributed by atoms with Crippen molar-refractivity contribution in [3.05, 3.63) is 28.3 Å². The van der Waals surface area contributed by atoms with Crippen molar-refractivity contribution in [1.82, 2.24) is 9.62 Å². The molecular formula is C18H26N4O5S. The molecule has 2 aliphatic heterocycles. The van der Waals surface area contributed by atoms with E-state index in [1.807, 2.05) is 0 Å². The maximum Gasteiger partial charge on any atom is 0.293 e. The summed E-state index contributed by atoms with van der Waals surface area (Å²) >= 11 is 0. The van der Waals surface area contributed by atoms with Gasteiger partial charge in [0.2, 0.25) is 15.9 Å². The molecule has 1 amide bonds. The van der Waals surface area contributed by atoms with Crippen LogP contribution in [0.15, 0.2) is 23.1 Å². The first kappa shape index (κ1) is 20.5. The van der Waals surface area contributed by atoms with Gasteiger partial charge < -0.3 is 10.6 Å². The Labute approximate surface area is 164 Å². The topological polar surface area (TPSA) is 122 Å². The third kappa shape index (κ3) is 4.61. The van der Waals surface area contributed by atoms with Gasteiger partial charge in [-0.1, -0.05) is 12.8 Å². The largest absolute Gasteiger partial charge is 0.368 e. The Balaban J connectivity index is 1.88. The molecule has 0 aliphatic carbocycles. The molecule has 2 saturated heterocycles. The van der Waals surface area contributed by atoms with Gasteiger partial charge in [-0.05, 0) is 44.2 Å². The molecule has 1 atom stereocenters. The summed E-state index contributed by atoms with van der Waals surface area (Å²) in [6.45, 7) is 1.45. The van der Waals surface area contributed by atoms with Crippen LogP contribution < -0.4 is 10.6 Å². The zero-order chi connectivity index (χ0) is 20.1. The minimum atomic E-state index is -3.79. The Bertz CT molecular complexity index is 834. The van der Waals surface area contributed by atoms with Gasteiger partial charge in [-0.3, -0.25) is 14.9 Å². The molecule has 2 heterocycles. The van der Waals surface area contributed by atoms with E-state index in [0.717, 1.165) is 44.6 Å². The first-order valence-corrected chi connectivity index (χ1v) is 11.2. The van der Waals surface area contributed by atoms with Gasteiger partial charge in [0.05, 0.1) is 9.82 Å². The monoisotopic (exact) mass is 410 g/mol. The number of hydrogen-bond acceptors (Lipinski definition) is 6. The molecule has 0 aromatic heterocycles. The predicted molar refractivity (Wildman–Crippen MR) is 105 cm³/mol. The van der Waals surface area contributed by atoms with E-state index in [1.54, 1.807) is 0 Å². The van der Waals surface area contributed by atoms with Gasteiger partial charge in [-0.25, -0.2) is 8.42 Å². The molecule has 2 fully saturated rings. The molecule has 0 bridgehead atoms. The van der Waals surface area contributed by atoms with E-state index in [4.69, 9.17) is 0 Å². The average molecular weight is 410 g/mol. The van der Waals surface area contributed by atoms with Crippen LogP contribution in [-0.4, -0.2) is 49.2 Å². The molecule has 154 valence electrons. The van der Waals surface area contributed by atoms with Crippen molar-refractivity contribution in [2.75, 3.05) is 25.0 Å². The van der Waals surface area contributed by atoms with Crippen LogP contribution in [0.4, 0.5) is 11.4 Å². The van der Waals surface area contributed by atoms with Crippen molar-refractivity contribution in [3.63, 3.8) is 0 Å². The summed E-state index contributed by atoms with van der Waals surface area (Å²) in [7, 11) is -3.79. The van der Waals surface area contributed by atoms with E-state index in [1.165, 1.54) is 16.4 Å². The summed E-state index contributed by atoms with van der Waals surface area (Å²) in [4.78, 5) is 23.0. The highest BCUT2D eigenvalue weighted by molar-refractivity contribution is 7.89. The molecule has 1 unspecified atom stereocenters. The van der Waals surface area contributed by atoms with Crippen molar-refractivity contribution in [1.29, 1.82) is 0 Å². The fraction of sp³-hybridized carbons (Fsp3) is 0.611. The van der Waals surface area contributed by atoms with Crippen LogP contribution in [-0.2, 0) is 14.8 Å². The van der Waals surface area contributed by atoms with Crippen LogP contribution in [0.2, 0.25) is 0 Å². The number of benzene rings is 1. The third-order valence-electron chi connectivity index (χ3n) is 5.23. The summed E-state index contributed by atoms with van der Waals surface area (Å²) in [6.07, 6.45) is 5.80. The van der Waals surface area contributed by atoms with E-state index in [2.05, 4.69) is 10.6 Å². The molecule has 0 saturated carbocycles. The van der Waals surface area contributed by atoms with Crippen molar-refractivity contribution >= 4 is 27.3 Å². The number of anilines is 1. The summed E-state index contributed by atoms with van der Waals surface area (Å²) in [5.41, 5.74) is -0.185. The maximum atomic E-state index is 12.9. The number of amides is 1. The lowest BCUT2D eigenvalue weighted by molar-refractivity contribution is -0.384. The van der Waals surface area contributed by atoms with E-state index in [0.29, 0.717) is 26.1 Å². The number of carbonyl (C=O) groups excluding carboxylic acids is 1. The van der Waals surface area contributed by atoms with Crippen LogP contribution in [0.5, 0.6) is 0 Å². The van der Waals surface area contributed by atoms with E-state index in [-0.39, 0.29) is 22.2 Å². The van der Waals surface area contributed by atoms with Crippen LogP contribution >= 0.6 is 0 Å². The Kier molecular flexibility index (Phi) is 6.50. The minimum absolute atomic E-state index is 0.0861. The first-order valence-electron chi connectivity index (χ1n) is 9.72. The molecule has 3 rings (SSSR count). The van der Waals surface area contributed by atoms with E-state index >= 15 is 0 Å². The van der Waals surface area contributed by atoms with Crippen molar-refractivity contribution in [2.24, 2.45) is 0 Å². The van der Waals surface area contributed by atoms with Crippen molar-refractivity contribution in [3.8, 4) is 0 Å². The van der Waals surface area contributed by atoms with E-state index < -0.39 is 21.0 Å². The van der Waals surface area contributed by atoms with Gasteiger partial charge in [-0.15, -0.1) is 0 Å². The zero-order valence-electron chi connectivity index (χ0n) is 15.7. The fourth-order valence-electron chi connectivity index (χ4n) is 3.64. The molecule has 9 nitrogen and oxygen atoms in total. The molecule has 10 heteroatoms. The first-order chi connectivity index (χ1) is 13.4. The summed E-state index contributed by atoms with van der Waals surface area (Å²) in [5.74, 6) is -0.201. The highest BCUT2D eigenvalue weighted by atomic mass is 32.2. The number of hydrogen-bond donors (Lipinski definition) is 2. The second kappa shape index (κ2) is 8.87. The standard InChI is InChI=1S/C18H26N4O5S/c23-18-16(7-3-4-10-19-18)20-15-9-8-14(13-17(15)22(24)25)28(26,27)21-11-5-1-2-6-12-21/h8-9,13,16,20H,1-7,10-12H2,(H,19,23). The van der Waals surface area contributed by atoms with Gasteiger partial charge in [0.25, 0.3) is 5.69 Å². The highest BCUT2D eigenvalue weighted by Crippen LogP contribution is 2.31. The number of nitrogens with zero attached hydrogens (tertiary/aromatic N) is 2. The van der Waals surface area contributed by atoms with Gasteiger partial charge in [0, 0.05) is 25.7 Å². The Hall–Kier alpha value is -2.20. The van der Waals surface area contributed by atoms with E-state index in [9.17, 15) is 23.3 Å². The van der Waals surface area contributed by atoms with Gasteiger partial charge in [0.1, 0.15) is 11.7 Å². The van der Waals surface area contributed by atoms with Crippen molar-refractivity contribution < 1.29 is 18.1 Å². The number of nitro groups is 1. The summed E-state index contributed by atoms with van der Waals surface area (Å²) in [5, 5.41) is 17.3. The molecule has 2 aliphatic rings. The van der Waals surface area contributed by atoms with Gasteiger partial charge in [0.15, 0.2) is 0 Å². The number of sulfonamides is 1. The average Bonchev–Trinajstić information content (AvgIpc) is 3.06. The summed E-state index contributed by atoms with van der Waals surface area (Å²) < 4.78 is 27.3. The Morgan fingerprint density at radius 1 is 1.11 bits per heavy atom. The molecule has 0 radical (unpaired) electrons. The van der Waals surface area contributed by atoms with Crippen LogP contribution in [0.1, 0.15) is 44.9 Å². The lowest BCUT2D eigenvalue weighted by atomic mass is 10.1. The zero-order valence-corrected chi connectivity index (χ0v) is 16.5. The third-order valence-corrected chi connectivity index (χ3v) is 7.13. The minimum Gasteiger partial charge on any atom is -0.368 e. The fourth-order valence-corrected chi connectivity index (χ4v) is 5.18. The smallest absolute Gasteiger partial charge is 0.293 e. The van der Waals surface area contributed by atoms with Crippen LogP contribution in [0.3, 0.4) is 0 Å². The number of nitro benzene ring substituents is 1. The number of nitrogens with one attached hydrogen (secondary N) is 2. The molecule has 28 heavy (non-hydrogen) atoms. The van der Waals surface area contributed by atoms with Gasteiger partial charge >= 0.3 is 0 Å². The second-order valence-electron chi connectivity index (χ2n) is 7.24. The molecule has 1 aromatic rings. The summed E-state index contributed by atoms with van der Waals surface area (Å²) in [6, 6.07) is 3.29. The molecule has 0 spiro atoms. The quantitative estimate of drug-likeness (QED) is 0.567. The normalized spacial score (nSPS) is 22.0. The maximum absolute atomic E-state index is 12.9. The van der Waals surface area contributed by atoms with Crippen LogP contribution in [0.25, 0.3) is 0 Å². The molecule has 2 N–H and O–H groups in total. The number of carbonyl (C=O) groups is 1. The number of rotatable bonds is 5. The highest BCUT2D eigenvalue weighted by Gasteiger charge is 2.29. The Morgan fingerprint density at radius 3 is 2.50 bits per heavy atom. The Morgan fingerprint density at radius 2 is 1.82 bits per heavy atom. The molecular weight excluding hydrogens is 384 g/mol. The van der Waals surface area contributed by atoms with Crippen LogP contribution in [0, 0.1) is 10.1 Å². The predicted octanol–water partition coefficient (Wildman–Crippen LogP) is 2.24.